The Bertz CT molecular complexity index is 783. The molecular formula is C25H37NO3. The molecule has 1 saturated carbocycles. The Labute approximate surface area is 175 Å². The maximum Gasteiger partial charge on any atom is 0.314 e. The lowest BCUT2D eigenvalue weighted by molar-refractivity contribution is -0.159. The van der Waals surface area contributed by atoms with Crippen LogP contribution in [0, 0.1) is 10.8 Å². The number of nitrogens with zero attached hydrogens (tertiary/aromatic N) is 1. The van der Waals surface area contributed by atoms with Crippen molar-refractivity contribution in [1.29, 1.82) is 0 Å². The number of hydrogen-bond donors (Lipinski definition) is 0. The van der Waals surface area contributed by atoms with Crippen molar-refractivity contribution in [2.24, 2.45) is 10.8 Å². The first-order valence-electron chi connectivity index (χ1n) is 11.4. The van der Waals surface area contributed by atoms with Gasteiger partial charge in [-0.1, -0.05) is 32.8 Å². The Morgan fingerprint density at radius 3 is 2.69 bits per heavy atom. The minimum atomic E-state index is -0.510. The Morgan fingerprint density at radius 1 is 1.21 bits per heavy atom. The lowest BCUT2D eigenvalue weighted by Gasteiger charge is -2.65. The lowest BCUT2D eigenvalue weighted by Crippen LogP contribution is -2.66. The van der Waals surface area contributed by atoms with Crippen LogP contribution in [0.3, 0.4) is 0 Å². The van der Waals surface area contributed by atoms with Gasteiger partial charge in [-0.25, -0.2) is 0 Å². The van der Waals surface area contributed by atoms with Gasteiger partial charge in [0.1, 0.15) is 5.75 Å². The number of esters is 1. The molecule has 0 spiro atoms. The number of fused-ring (bicyclic) bond motifs is 1. The van der Waals surface area contributed by atoms with Gasteiger partial charge >= 0.3 is 5.97 Å². The standard InChI is InChI=1S/C25H37NO3/c1-6-26-14-13-25-12-8-7-11-24(25,5)21(26)15-18-9-10-19(16-20(18)25)28-17-29-22(27)23(2,3)4/h9-10,16,21H,6-8,11-15,17H2,1-5H3/t21-,24+,25+/m0/s1. The summed E-state index contributed by atoms with van der Waals surface area (Å²) in [5, 5.41) is 0. The van der Waals surface area contributed by atoms with E-state index in [1.54, 1.807) is 0 Å². The van der Waals surface area contributed by atoms with Crippen molar-refractivity contribution < 1.29 is 14.3 Å². The summed E-state index contributed by atoms with van der Waals surface area (Å²) >= 11 is 0. The molecule has 4 nitrogen and oxygen atoms in total. The Hall–Kier alpha value is -1.55. The van der Waals surface area contributed by atoms with Gasteiger partial charge in [-0.05, 0) is 88.2 Å². The number of likely N-dealkylation sites (N-methyl/N-ethyl adjacent to an activating group) is 1. The Morgan fingerprint density at radius 2 is 1.97 bits per heavy atom. The number of likely N-dealkylation sites (tertiary alicyclic amines) is 1. The van der Waals surface area contributed by atoms with Crippen LogP contribution in [0.25, 0.3) is 0 Å². The molecule has 0 aromatic heterocycles. The zero-order chi connectivity index (χ0) is 20.9. The average Bonchev–Trinajstić information content (AvgIpc) is 2.67. The molecule has 0 N–H and O–H groups in total. The molecule has 1 aromatic rings. The van der Waals surface area contributed by atoms with Crippen molar-refractivity contribution in [3.8, 4) is 5.75 Å². The number of ether oxygens (including phenoxy) is 2. The van der Waals surface area contributed by atoms with Crippen LogP contribution in [0.4, 0.5) is 0 Å². The molecule has 1 aromatic carbocycles. The second-order valence-electron chi connectivity index (χ2n) is 10.6. The predicted octanol–water partition coefficient (Wildman–Crippen LogP) is 5.08. The van der Waals surface area contributed by atoms with E-state index in [0.29, 0.717) is 11.5 Å². The van der Waals surface area contributed by atoms with Crippen LogP contribution < -0.4 is 4.74 Å². The topological polar surface area (TPSA) is 38.8 Å². The van der Waals surface area contributed by atoms with Gasteiger partial charge in [-0.3, -0.25) is 9.69 Å². The molecule has 1 heterocycles. The number of piperidine rings is 1. The highest BCUT2D eigenvalue weighted by Gasteiger charge is 2.60. The fourth-order valence-electron chi connectivity index (χ4n) is 6.39. The quantitative estimate of drug-likeness (QED) is 0.523. The molecule has 1 saturated heterocycles. The zero-order valence-corrected chi connectivity index (χ0v) is 18.8. The molecule has 2 bridgehead atoms. The van der Waals surface area contributed by atoms with Gasteiger partial charge in [-0.15, -0.1) is 0 Å². The van der Waals surface area contributed by atoms with Crippen molar-refractivity contribution in [2.75, 3.05) is 19.9 Å². The van der Waals surface area contributed by atoms with Crippen LogP contribution in [-0.4, -0.2) is 36.8 Å². The van der Waals surface area contributed by atoms with E-state index in [2.05, 4.69) is 36.9 Å². The van der Waals surface area contributed by atoms with E-state index in [1.165, 1.54) is 49.8 Å². The zero-order valence-electron chi connectivity index (χ0n) is 18.8. The smallest absolute Gasteiger partial charge is 0.314 e. The second-order valence-corrected chi connectivity index (χ2v) is 10.6. The summed E-state index contributed by atoms with van der Waals surface area (Å²) in [6.07, 6.45) is 7.65. The fraction of sp³-hybridized carbons (Fsp3) is 0.720. The molecule has 160 valence electrons. The largest absolute Gasteiger partial charge is 0.457 e. The van der Waals surface area contributed by atoms with Crippen molar-refractivity contribution in [3.63, 3.8) is 0 Å². The van der Waals surface area contributed by atoms with Gasteiger partial charge in [0.2, 0.25) is 6.79 Å². The number of hydrogen-bond acceptors (Lipinski definition) is 4. The van der Waals surface area contributed by atoms with Gasteiger partial charge in [0.25, 0.3) is 0 Å². The first kappa shape index (κ1) is 20.7. The minimum absolute atomic E-state index is 0.0224. The first-order chi connectivity index (χ1) is 13.7. The summed E-state index contributed by atoms with van der Waals surface area (Å²) in [4.78, 5) is 14.7. The summed E-state index contributed by atoms with van der Waals surface area (Å²) in [5.41, 5.74) is 3.09. The second kappa shape index (κ2) is 7.30. The highest BCUT2D eigenvalue weighted by Crippen LogP contribution is 2.63. The predicted molar refractivity (Wildman–Crippen MR) is 115 cm³/mol. The van der Waals surface area contributed by atoms with E-state index in [9.17, 15) is 4.79 Å². The van der Waals surface area contributed by atoms with E-state index < -0.39 is 5.41 Å². The van der Waals surface area contributed by atoms with Crippen molar-refractivity contribution >= 4 is 5.97 Å². The fourth-order valence-corrected chi connectivity index (χ4v) is 6.39. The van der Waals surface area contributed by atoms with Gasteiger partial charge in [0, 0.05) is 11.5 Å². The normalized spacial score (nSPS) is 31.6. The summed E-state index contributed by atoms with van der Waals surface area (Å²) in [5.74, 6) is 0.591. The molecule has 0 unspecified atom stereocenters. The Balaban J connectivity index is 1.61. The highest BCUT2D eigenvalue weighted by molar-refractivity contribution is 5.75. The van der Waals surface area contributed by atoms with Gasteiger partial charge < -0.3 is 9.47 Å². The molecule has 0 radical (unpaired) electrons. The van der Waals surface area contributed by atoms with Gasteiger partial charge in [-0.2, -0.15) is 0 Å². The molecule has 29 heavy (non-hydrogen) atoms. The lowest BCUT2D eigenvalue weighted by atomic mass is 9.44. The third-order valence-corrected chi connectivity index (χ3v) is 8.09. The highest BCUT2D eigenvalue weighted by atomic mass is 16.7. The van der Waals surface area contributed by atoms with Crippen LogP contribution in [0.1, 0.15) is 77.8 Å². The van der Waals surface area contributed by atoms with Crippen molar-refractivity contribution in [2.45, 2.75) is 84.6 Å². The van der Waals surface area contributed by atoms with E-state index in [0.717, 1.165) is 18.7 Å². The monoisotopic (exact) mass is 399 g/mol. The molecule has 4 heteroatoms. The molecule has 2 fully saturated rings. The van der Waals surface area contributed by atoms with Crippen LogP contribution >= 0.6 is 0 Å². The van der Waals surface area contributed by atoms with E-state index in [4.69, 9.17) is 9.47 Å². The average molecular weight is 400 g/mol. The molecule has 4 rings (SSSR count). The molecule has 1 aliphatic heterocycles. The maximum absolute atomic E-state index is 12.0. The minimum Gasteiger partial charge on any atom is -0.457 e. The third-order valence-electron chi connectivity index (χ3n) is 8.09. The molecule has 3 atom stereocenters. The number of benzene rings is 1. The van der Waals surface area contributed by atoms with Crippen LogP contribution in [0.15, 0.2) is 18.2 Å². The van der Waals surface area contributed by atoms with Crippen LogP contribution in [0.2, 0.25) is 0 Å². The number of carbonyl (C=O) groups excluding carboxylic acids is 1. The maximum atomic E-state index is 12.0. The SMILES string of the molecule is CCN1CC[C@@]23CCCC[C@]2(C)[C@@H]1Cc1ccc(OCOC(=O)C(C)(C)C)cc13. The van der Waals surface area contributed by atoms with Gasteiger partial charge in [0.15, 0.2) is 0 Å². The van der Waals surface area contributed by atoms with E-state index >= 15 is 0 Å². The van der Waals surface area contributed by atoms with E-state index in [1.807, 2.05) is 20.8 Å². The van der Waals surface area contributed by atoms with E-state index in [-0.39, 0.29) is 18.2 Å². The number of carbonyl (C=O) groups is 1. The van der Waals surface area contributed by atoms with Crippen LogP contribution in [0.5, 0.6) is 5.75 Å². The summed E-state index contributed by atoms with van der Waals surface area (Å²) < 4.78 is 11.2. The Kier molecular flexibility index (Phi) is 5.21. The molecule has 3 aliphatic rings. The van der Waals surface area contributed by atoms with Crippen molar-refractivity contribution in [1.82, 2.24) is 4.90 Å². The molecule has 0 amide bonds. The summed E-state index contributed by atoms with van der Waals surface area (Å²) in [6, 6.07) is 7.23. The summed E-state index contributed by atoms with van der Waals surface area (Å²) in [7, 11) is 0. The van der Waals surface area contributed by atoms with Crippen LogP contribution in [-0.2, 0) is 21.4 Å². The summed E-state index contributed by atoms with van der Waals surface area (Å²) in [6.45, 7) is 12.8. The number of rotatable bonds is 4. The first-order valence-corrected chi connectivity index (χ1v) is 11.4. The molecular weight excluding hydrogens is 362 g/mol. The molecule has 2 aliphatic carbocycles. The van der Waals surface area contributed by atoms with Crippen molar-refractivity contribution in [3.05, 3.63) is 29.3 Å². The third kappa shape index (κ3) is 3.28. The van der Waals surface area contributed by atoms with Gasteiger partial charge in [0.05, 0.1) is 5.41 Å².